The first-order valence-corrected chi connectivity index (χ1v) is 9.81. The highest BCUT2D eigenvalue weighted by atomic mass is 35.5. The summed E-state index contributed by atoms with van der Waals surface area (Å²) in [6.45, 7) is 0. The fourth-order valence-electron chi connectivity index (χ4n) is 2.43. The predicted octanol–water partition coefficient (Wildman–Crippen LogP) is 5.45. The number of carbonyl (C=O) groups excluding carboxylic acids is 1. The van der Waals surface area contributed by atoms with Gasteiger partial charge in [-0.1, -0.05) is 41.6 Å². The molecule has 4 rings (SSSR count). The molecule has 0 unspecified atom stereocenters. The molecule has 0 fully saturated rings. The van der Waals surface area contributed by atoms with E-state index < -0.39 is 0 Å². The zero-order valence-electron chi connectivity index (χ0n) is 13.2. The molecule has 2 aromatic heterocycles. The van der Waals surface area contributed by atoms with Gasteiger partial charge in [-0.3, -0.25) is 9.89 Å². The molecule has 2 heterocycles. The molecule has 0 aliphatic carbocycles. The van der Waals surface area contributed by atoms with Gasteiger partial charge in [-0.25, -0.2) is 9.37 Å². The van der Waals surface area contributed by atoms with Gasteiger partial charge >= 0.3 is 0 Å². The van der Waals surface area contributed by atoms with Crippen molar-refractivity contribution in [3.05, 3.63) is 64.9 Å². The van der Waals surface area contributed by atoms with Gasteiger partial charge in [0.1, 0.15) is 5.82 Å². The van der Waals surface area contributed by atoms with Crippen LogP contribution in [0, 0.1) is 5.82 Å². The largest absolute Gasteiger partial charge is 0.293 e. The van der Waals surface area contributed by atoms with Gasteiger partial charge in [0.15, 0.2) is 11.6 Å². The SMILES string of the molecule is O=C(CSc1n[nH]c(-c2sc3ccccc3c2Cl)n1)c1ccc(F)cc1. The molecule has 1 N–H and O–H groups in total. The van der Waals surface area contributed by atoms with E-state index in [9.17, 15) is 9.18 Å². The van der Waals surface area contributed by atoms with E-state index in [2.05, 4.69) is 15.2 Å². The maximum absolute atomic E-state index is 12.9. The van der Waals surface area contributed by atoms with E-state index in [1.165, 1.54) is 47.4 Å². The number of hydrogen-bond donors (Lipinski definition) is 1. The minimum atomic E-state index is -0.368. The molecule has 0 spiro atoms. The van der Waals surface area contributed by atoms with Gasteiger partial charge in [0.2, 0.25) is 5.16 Å². The van der Waals surface area contributed by atoms with Crippen LogP contribution in [-0.2, 0) is 0 Å². The number of nitrogens with one attached hydrogen (secondary N) is 1. The number of carbonyl (C=O) groups is 1. The van der Waals surface area contributed by atoms with E-state index in [0.717, 1.165) is 15.0 Å². The molecule has 0 aliphatic rings. The second-order valence-electron chi connectivity index (χ2n) is 5.43. The Kier molecular flexibility index (Phi) is 4.76. The number of benzene rings is 2. The van der Waals surface area contributed by atoms with Crippen molar-refractivity contribution >= 4 is 50.6 Å². The van der Waals surface area contributed by atoms with Crippen LogP contribution in [0.25, 0.3) is 20.8 Å². The predicted molar refractivity (Wildman–Crippen MR) is 104 cm³/mol. The van der Waals surface area contributed by atoms with Crippen LogP contribution in [0.5, 0.6) is 0 Å². The van der Waals surface area contributed by atoms with Gasteiger partial charge in [-0.15, -0.1) is 16.4 Å². The fourth-order valence-corrected chi connectivity index (χ4v) is 4.58. The molecule has 0 radical (unpaired) electrons. The van der Waals surface area contributed by atoms with Crippen molar-refractivity contribution < 1.29 is 9.18 Å². The van der Waals surface area contributed by atoms with Gasteiger partial charge in [-0.2, -0.15) is 0 Å². The maximum atomic E-state index is 12.9. The fraction of sp³-hybridized carbons (Fsp3) is 0.0556. The highest BCUT2D eigenvalue weighted by Crippen LogP contribution is 2.40. The molecular formula is C18H11ClFN3OS2. The van der Waals surface area contributed by atoms with Gasteiger partial charge < -0.3 is 0 Å². The Morgan fingerprint density at radius 1 is 1.19 bits per heavy atom. The van der Waals surface area contributed by atoms with Crippen LogP contribution in [0.3, 0.4) is 0 Å². The monoisotopic (exact) mass is 403 g/mol. The number of nitrogens with zero attached hydrogens (tertiary/aromatic N) is 2. The molecule has 0 bridgehead atoms. The van der Waals surface area contributed by atoms with Gasteiger partial charge in [0.05, 0.1) is 15.7 Å². The molecule has 26 heavy (non-hydrogen) atoms. The van der Waals surface area contributed by atoms with Crippen LogP contribution in [0.2, 0.25) is 5.02 Å². The normalized spacial score (nSPS) is 11.2. The van der Waals surface area contributed by atoms with Crippen LogP contribution >= 0.6 is 34.7 Å². The summed E-state index contributed by atoms with van der Waals surface area (Å²) in [5.74, 6) is 0.269. The van der Waals surface area contributed by atoms with Crippen molar-refractivity contribution in [1.29, 1.82) is 0 Å². The van der Waals surface area contributed by atoms with Crippen molar-refractivity contribution in [2.45, 2.75) is 5.16 Å². The van der Waals surface area contributed by atoms with Crippen LogP contribution in [0.1, 0.15) is 10.4 Å². The van der Waals surface area contributed by atoms with Crippen LogP contribution < -0.4 is 0 Å². The second kappa shape index (κ2) is 7.19. The Morgan fingerprint density at radius 2 is 1.96 bits per heavy atom. The third-order valence-corrected chi connectivity index (χ3v) is 6.24. The maximum Gasteiger partial charge on any atom is 0.209 e. The Balaban J connectivity index is 1.50. The molecule has 0 saturated carbocycles. The number of hydrogen-bond acceptors (Lipinski definition) is 5. The van der Waals surface area contributed by atoms with E-state index in [1.54, 1.807) is 0 Å². The Labute approximate surface area is 161 Å². The number of thioether (sulfide) groups is 1. The third kappa shape index (κ3) is 3.38. The molecule has 4 nitrogen and oxygen atoms in total. The molecule has 8 heteroatoms. The number of fused-ring (bicyclic) bond motifs is 1. The van der Waals surface area contributed by atoms with Gasteiger partial charge in [-0.05, 0) is 30.3 Å². The first kappa shape index (κ1) is 17.2. The van der Waals surface area contributed by atoms with E-state index >= 15 is 0 Å². The first-order valence-electron chi connectivity index (χ1n) is 7.63. The molecule has 0 aliphatic heterocycles. The molecule has 2 aromatic carbocycles. The second-order valence-corrected chi connectivity index (χ2v) is 7.80. The highest BCUT2D eigenvalue weighted by molar-refractivity contribution is 7.99. The molecule has 0 amide bonds. The van der Waals surface area contributed by atoms with Crippen LogP contribution in [-0.4, -0.2) is 26.7 Å². The summed E-state index contributed by atoms with van der Waals surface area (Å²) < 4.78 is 14.0. The average molecular weight is 404 g/mol. The topological polar surface area (TPSA) is 58.6 Å². The minimum absolute atomic E-state index is 0.110. The number of rotatable bonds is 5. The van der Waals surface area contributed by atoms with Crippen molar-refractivity contribution in [1.82, 2.24) is 15.2 Å². The summed E-state index contributed by atoms with van der Waals surface area (Å²) in [5.41, 5.74) is 0.460. The number of ketones is 1. The van der Waals surface area contributed by atoms with Crippen molar-refractivity contribution in [2.24, 2.45) is 0 Å². The number of thiophene rings is 1. The number of halogens is 2. The third-order valence-electron chi connectivity index (χ3n) is 3.71. The zero-order chi connectivity index (χ0) is 18.1. The quantitative estimate of drug-likeness (QED) is 0.355. The Morgan fingerprint density at radius 3 is 2.73 bits per heavy atom. The van der Waals surface area contributed by atoms with Crippen molar-refractivity contribution in [3.63, 3.8) is 0 Å². The average Bonchev–Trinajstić information content (AvgIpc) is 3.25. The lowest BCUT2D eigenvalue weighted by Gasteiger charge is -1.98. The van der Waals surface area contributed by atoms with E-state index in [0.29, 0.717) is 21.6 Å². The summed E-state index contributed by atoms with van der Waals surface area (Å²) >= 11 is 9.21. The summed E-state index contributed by atoms with van der Waals surface area (Å²) in [6, 6.07) is 13.3. The van der Waals surface area contributed by atoms with Crippen LogP contribution in [0.4, 0.5) is 4.39 Å². The van der Waals surface area contributed by atoms with E-state index in [4.69, 9.17) is 11.6 Å². The first-order chi connectivity index (χ1) is 12.6. The lowest BCUT2D eigenvalue weighted by atomic mass is 10.1. The number of Topliss-reactive ketones (excluding diaryl/α,β-unsaturated/α-hetero) is 1. The summed E-state index contributed by atoms with van der Waals surface area (Å²) in [6.07, 6.45) is 0. The number of H-pyrrole nitrogens is 1. The minimum Gasteiger partial charge on any atom is -0.293 e. The Bertz CT molecular complexity index is 1090. The van der Waals surface area contributed by atoms with E-state index in [-0.39, 0.29) is 17.4 Å². The smallest absolute Gasteiger partial charge is 0.209 e. The van der Waals surface area contributed by atoms with Crippen molar-refractivity contribution in [2.75, 3.05) is 5.75 Å². The van der Waals surface area contributed by atoms with Gasteiger partial charge in [0.25, 0.3) is 0 Å². The van der Waals surface area contributed by atoms with E-state index in [1.807, 2.05) is 24.3 Å². The number of aromatic amines is 1. The lowest BCUT2D eigenvalue weighted by Crippen LogP contribution is -2.02. The number of aromatic nitrogens is 3. The molecule has 130 valence electrons. The summed E-state index contributed by atoms with van der Waals surface area (Å²) in [7, 11) is 0. The van der Waals surface area contributed by atoms with Gasteiger partial charge in [0, 0.05) is 15.6 Å². The van der Waals surface area contributed by atoms with Crippen LogP contribution in [0.15, 0.2) is 53.7 Å². The Hall–Kier alpha value is -2.22. The highest BCUT2D eigenvalue weighted by Gasteiger charge is 2.16. The molecule has 0 saturated heterocycles. The molecular weight excluding hydrogens is 393 g/mol. The lowest BCUT2D eigenvalue weighted by molar-refractivity contribution is 0.102. The van der Waals surface area contributed by atoms with Crippen molar-refractivity contribution in [3.8, 4) is 10.7 Å². The standard InChI is InChI=1S/C18H11ClFN3OS2/c19-15-12-3-1-2-4-14(12)26-16(15)17-21-18(23-22-17)25-9-13(24)10-5-7-11(20)8-6-10/h1-8H,9H2,(H,21,22,23). The summed E-state index contributed by atoms with van der Waals surface area (Å²) in [5, 5.41) is 9.10. The zero-order valence-corrected chi connectivity index (χ0v) is 15.6. The molecule has 4 aromatic rings. The molecule has 0 atom stereocenters. The summed E-state index contributed by atoms with van der Waals surface area (Å²) in [4.78, 5) is 17.4.